The Morgan fingerprint density at radius 1 is 1.25 bits per heavy atom. The summed E-state index contributed by atoms with van der Waals surface area (Å²) >= 11 is 0. The van der Waals surface area contributed by atoms with Crippen LogP contribution in [0.4, 0.5) is 5.69 Å². The van der Waals surface area contributed by atoms with Crippen LogP contribution in [-0.4, -0.2) is 55.7 Å². The van der Waals surface area contributed by atoms with Gasteiger partial charge in [-0.3, -0.25) is 14.5 Å². The molecule has 1 atom stereocenters. The van der Waals surface area contributed by atoms with E-state index < -0.39 is 21.8 Å². The Kier molecular flexibility index (Phi) is 8.95. The Hall–Kier alpha value is -1.64. The van der Waals surface area contributed by atoms with Crippen molar-refractivity contribution < 1.29 is 23.1 Å². The number of carbonyl (C=O) groups is 2. The number of likely N-dealkylation sites (N-methyl/N-ethyl adjacent to an activating group) is 1. The van der Waals surface area contributed by atoms with Crippen molar-refractivity contribution >= 4 is 39.8 Å². The van der Waals surface area contributed by atoms with Crippen molar-refractivity contribution in [2.24, 2.45) is 0 Å². The van der Waals surface area contributed by atoms with Crippen LogP contribution >= 0.6 is 12.4 Å². The van der Waals surface area contributed by atoms with Crippen LogP contribution in [0.15, 0.2) is 29.2 Å². The van der Waals surface area contributed by atoms with Crippen molar-refractivity contribution in [1.82, 2.24) is 4.90 Å². The Labute approximate surface area is 148 Å². The molecule has 1 rings (SSSR count). The summed E-state index contributed by atoms with van der Waals surface area (Å²) in [7, 11) is -1.79. The molecule has 0 aliphatic heterocycles. The lowest BCUT2D eigenvalue weighted by molar-refractivity contribution is -0.142. The number of benzene rings is 1. The molecule has 0 radical (unpaired) electrons. The number of hydrogen-bond donors (Lipinski definition) is 2. The summed E-state index contributed by atoms with van der Waals surface area (Å²) in [5.41, 5.74) is 0.534. The Balaban J connectivity index is 0.00000529. The second kappa shape index (κ2) is 9.61. The third-order valence-electron chi connectivity index (χ3n) is 3.48. The molecule has 1 aromatic rings. The van der Waals surface area contributed by atoms with Crippen LogP contribution in [0, 0.1) is 0 Å². The number of nitrogens with one attached hydrogen (secondary N) is 1. The summed E-state index contributed by atoms with van der Waals surface area (Å²) in [6.07, 6.45) is 0.337. The van der Waals surface area contributed by atoms with Crippen LogP contribution in [0.3, 0.4) is 0 Å². The van der Waals surface area contributed by atoms with Crippen LogP contribution in [0.5, 0.6) is 0 Å². The second-order valence-electron chi connectivity index (χ2n) is 5.37. The maximum atomic E-state index is 12.2. The summed E-state index contributed by atoms with van der Waals surface area (Å²) in [4.78, 5) is 23.5. The minimum atomic E-state index is -3.43. The van der Waals surface area contributed by atoms with E-state index in [0.717, 1.165) is 0 Å². The molecular weight excluding hydrogens is 356 g/mol. The summed E-state index contributed by atoms with van der Waals surface area (Å²) < 4.78 is 24.5. The van der Waals surface area contributed by atoms with Crippen molar-refractivity contribution in [3.8, 4) is 0 Å². The van der Waals surface area contributed by atoms with Crippen LogP contribution in [0.2, 0.25) is 0 Å². The fraction of sp³-hybridized carbons (Fsp3) is 0.467. The number of aliphatic carboxylic acids is 1. The first-order valence-corrected chi connectivity index (χ1v) is 8.82. The molecule has 0 bridgehead atoms. The van der Waals surface area contributed by atoms with E-state index in [-0.39, 0.29) is 29.0 Å². The maximum Gasteiger partial charge on any atom is 0.320 e. The van der Waals surface area contributed by atoms with E-state index in [4.69, 9.17) is 5.11 Å². The molecule has 0 saturated carbocycles. The van der Waals surface area contributed by atoms with E-state index in [1.807, 2.05) is 0 Å². The Morgan fingerprint density at radius 2 is 1.79 bits per heavy atom. The molecule has 0 saturated heterocycles. The number of hydrogen-bond acceptors (Lipinski definition) is 5. The lowest BCUT2D eigenvalue weighted by Crippen LogP contribution is -2.36. The number of sulfone groups is 1. The van der Waals surface area contributed by atoms with Gasteiger partial charge in [0.25, 0.3) is 0 Å². The minimum absolute atomic E-state index is 0. The fourth-order valence-corrected chi connectivity index (χ4v) is 3.25. The highest BCUT2D eigenvalue weighted by Crippen LogP contribution is 2.16. The number of carboxylic acids is 1. The molecule has 0 fully saturated rings. The van der Waals surface area contributed by atoms with E-state index >= 15 is 0 Å². The fourth-order valence-electron chi connectivity index (χ4n) is 1.95. The summed E-state index contributed by atoms with van der Waals surface area (Å²) in [5.74, 6) is -1.23. The molecule has 2 N–H and O–H groups in total. The zero-order chi connectivity index (χ0) is 17.6. The van der Waals surface area contributed by atoms with Gasteiger partial charge in [-0.25, -0.2) is 8.42 Å². The predicted molar refractivity (Wildman–Crippen MR) is 94.4 cm³/mol. The third-order valence-corrected chi connectivity index (χ3v) is 5.29. The largest absolute Gasteiger partial charge is 0.480 e. The quantitative estimate of drug-likeness (QED) is 0.712. The minimum Gasteiger partial charge on any atom is -0.480 e. The van der Waals surface area contributed by atoms with Crippen molar-refractivity contribution in [2.45, 2.75) is 31.2 Å². The van der Waals surface area contributed by atoms with Crippen LogP contribution in [0.1, 0.15) is 20.3 Å². The standard InChI is InChI=1S/C15H22N2O5S.ClH/c1-11(15(19)20)17(3)9-4-10-23(21,22)14-7-5-13(6-8-14)16-12(2)18;/h5-8,11H,4,9-10H2,1-3H3,(H,16,18)(H,19,20);1H. The molecule has 1 unspecified atom stereocenters. The molecule has 0 aliphatic carbocycles. The number of anilines is 1. The summed E-state index contributed by atoms with van der Waals surface area (Å²) in [5, 5.41) is 11.5. The lowest BCUT2D eigenvalue weighted by Gasteiger charge is -2.20. The van der Waals surface area contributed by atoms with Gasteiger partial charge < -0.3 is 10.4 Å². The van der Waals surface area contributed by atoms with E-state index in [1.165, 1.54) is 31.2 Å². The molecule has 0 aromatic heterocycles. The third kappa shape index (κ3) is 6.86. The van der Waals surface area contributed by atoms with Gasteiger partial charge in [0.1, 0.15) is 6.04 Å². The first-order valence-electron chi connectivity index (χ1n) is 7.17. The van der Waals surface area contributed by atoms with Gasteiger partial charge >= 0.3 is 5.97 Å². The van der Waals surface area contributed by atoms with Crippen LogP contribution in [0.25, 0.3) is 0 Å². The SMILES string of the molecule is CC(=O)Nc1ccc(S(=O)(=O)CCCN(C)C(C)C(=O)O)cc1.Cl. The summed E-state index contributed by atoms with van der Waals surface area (Å²) in [6.45, 7) is 3.30. The van der Waals surface area contributed by atoms with Crippen molar-refractivity contribution in [3.05, 3.63) is 24.3 Å². The zero-order valence-electron chi connectivity index (χ0n) is 13.9. The molecule has 7 nitrogen and oxygen atoms in total. The topological polar surface area (TPSA) is 104 Å². The lowest BCUT2D eigenvalue weighted by atomic mass is 10.3. The smallest absolute Gasteiger partial charge is 0.320 e. The van der Waals surface area contributed by atoms with Gasteiger partial charge in [0.2, 0.25) is 5.91 Å². The molecule has 0 spiro atoms. The highest BCUT2D eigenvalue weighted by Gasteiger charge is 2.18. The van der Waals surface area contributed by atoms with Gasteiger partial charge in [-0.15, -0.1) is 12.4 Å². The number of carbonyl (C=O) groups excluding carboxylic acids is 1. The monoisotopic (exact) mass is 378 g/mol. The summed E-state index contributed by atoms with van der Waals surface area (Å²) in [6, 6.07) is 5.31. The zero-order valence-corrected chi connectivity index (χ0v) is 15.5. The van der Waals surface area contributed by atoms with Gasteiger partial charge in [0.15, 0.2) is 9.84 Å². The molecule has 9 heteroatoms. The normalized spacial score (nSPS) is 12.3. The Morgan fingerprint density at radius 3 is 2.25 bits per heavy atom. The van der Waals surface area contributed by atoms with E-state index in [9.17, 15) is 18.0 Å². The maximum absolute atomic E-state index is 12.2. The predicted octanol–water partition coefficient (Wildman–Crippen LogP) is 1.64. The number of nitrogens with zero attached hydrogens (tertiary/aromatic N) is 1. The molecule has 136 valence electrons. The highest BCUT2D eigenvalue weighted by molar-refractivity contribution is 7.91. The highest BCUT2D eigenvalue weighted by atomic mass is 35.5. The molecule has 0 aliphatic rings. The van der Waals surface area contributed by atoms with Crippen molar-refractivity contribution in [3.63, 3.8) is 0 Å². The Bertz CT molecular complexity index is 661. The number of amides is 1. The molecular formula is C15H23ClN2O5S. The first kappa shape index (κ1) is 22.4. The van der Waals surface area contributed by atoms with Gasteiger partial charge in [-0.2, -0.15) is 0 Å². The van der Waals surface area contributed by atoms with Gasteiger partial charge in [-0.1, -0.05) is 0 Å². The van der Waals surface area contributed by atoms with E-state index in [2.05, 4.69) is 5.32 Å². The second-order valence-corrected chi connectivity index (χ2v) is 7.48. The average molecular weight is 379 g/mol. The van der Waals surface area contributed by atoms with Gasteiger partial charge in [-0.05, 0) is 51.2 Å². The van der Waals surface area contributed by atoms with Crippen LogP contribution in [-0.2, 0) is 19.4 Å². The molecule has 24 heavy (non-hydrogen) atoms. The molecule has 0 heterocycles. The van der Waals surface area contributed by atoms with Crippen molar-refractivity contribution in [1.29, 1.82) is 0 Å². The van der Waals surface area contributed by atoms with E-state index in [1.54, 1.807) is 18.9 Å². The number of rotatable bonds is 8. The first-order chi connectivity index (χ1) is 10.6. The van der Waals surface area contributed by atoms with E-state index in [0.29, 0.717) is 18.7 Å². The number of halogens is 1. The van der Waals surface area contributed by atoms with Crippen LogP contribution < -0.4 is 5.32 Å². The molecule has 1 aromatic carbocycles. The average Bonchev–Trinajstić information content (AvgIpc) is 2.45. The molecule has 1 amide bonds. The number of carboxylic acid groups (broad SMARTS) is 1. The van der Waals surface area contributed by atoms with Crippen molar-refractivity contribution in [2.75, 3.05) is 24.7 Å². The van der Waals surface area contributed by atoms with Gasteiger partial charge in [0, 0.05) is 12.6 Å². The van der Waals surface area contributed by atoms with Gasteiger partial charge in [0.05, 0.1) is 10.6 Å².